The lowest BCUT2D eigenvalue weighted by atomic mass is 10.0. The summed E-state index contributed by atoms with van der Waals surface area (Å²) in [6, 6.07) is 6.91. The van der Waals surface area contributed by atoms with E-state index in [4.69, 9.17) is 16.7 Å². The number of rotatable bonds is 7. The quantitative estimate of drug-likeness (QED) is 0.795. The van der Waals surface area contributed by atoms with E-state index in [-0.39, 0.29) is 6.04 Å². The third-order valence-electron chi connectivity index (χ3n) is 2.97. The number of hydrogen-bond donors (Lipinski definition) is 2. The van der Waals surface area contributed by atoms with Gasteiger partial charge in [-0.1, -0.05) is 49.6 Å². The lowest BCUT2D eigenvalue weighted by Gasteiger charge is -2.21. The molecule has 0 aliphatic heterocycles. The van der Waals surface area contributed by atoms with E-state index in [2.05, 4.69) is 12.2 Å². The first-order chi connectivity index (χ1) is 8.56. The Bertz CT molecular complexity index is 395. The minimum absolute atomic E-state index is 0.0725. The summed E-state index contributed by atoms with van der Waals surface area (Å²) in [4.78, 5) is 11.2. The third-order valence-corrected chi connectivity index (χ3v) is 3.31. The van der Waals surface area contributed by atoms with Gasteiger partial charge in [0.05, 0.1) is 0 Å². The summed E-state index contributed by atoms with van der Waals surface area (Å²) >= 11 is 6.10. The minimum Gasteiger partial charge on any atom is -0.480 e. The Morgan fingerprint density at radius 2 is 2.11 bits per heavy atom. The summed E-state index contributed by atoms with van der Waals surface area (Å²) in [6.45, 7) is 3.99. The number of benzene rings is 1. The van der Waals surface area contributed by atoms with Crippen molar-refractivity contribution in [2.45, 2.75) is 45.2 Å². The fraction of sp³-hybridized carbons (Fsp3) is 0.500. The average Bonchev–Trinajstić information content (AvgIpc) is 2.34. The molecule has 2 atom stereocenters. The van der Waals surface area contributed by atoms with Gasteiger partial charge in [-0.05, 0) is 25.0 Å². The number of carboxylic acids is 1. The molecule has 1 aromatic carbocycles. The predicted octanol–water partition coefficient (Wildman–Crippen LogP) is 3.63. The molecule has 0 fully saturated rings. The molecule has 0 amide bonds. The summed E-state index contributed by atoms with van der Waals surface area (Å²) in [5, 5.41) is 13.0. The molecule has 0 aromatic heterocycles. The molecule has 1 rings (SSSR count). The largest absolute Gasteiger partial charge is 0.480 e. The van der Waals surface area contributed by atoms with Gasteiger partial charge in [-0.2, -0.15) is 0 Å². The summed E-state index contributed by atoms with van der Waals surface area (Å²) in [6.07, 6.45) is 2.53. The molecule has 0 heterocycles. The molecule has 0 saturated carbocycles. The van der Waals surface area contributed by atoms with Crippen molar-refractivity contribution in [1.82, 2.24) is 5.32 Å². The van der Waals surface area contributed by atoms with Gasteiger partial charge in [0.15, 0.2) is 0 Å². The second-order valence-electron chi connectivity index (χ2n) is 4.44. The van der Waals surface area contributed by atoms with Crippen LogP contribution in [0.15, 0.2) is 24.3 Å². The molecule has 4 heteroatoms. The van der Waals surface area contributed by atoms with Gasteiger partial charge in [-0.3, -0.25) is 10.1 Å². The molecule has 2 N–H and O–H groups in total. The smallest absolute Gasteiger partial charge is 0.320 e. The fourth-order valence-corrected chi connectivity index (χ4v) is 2.20. The average molecular weight is 270 g/mol. The van der Waals surface area contributed by atoms with Gasteiger partial charge in [-0.25, -0.2) is 0 Å². The minimum atomic E-state index is -0.803. The molecule has 1 aromatic rings. The molecule has 0 saturated heterocycles. The Balaban J connectivity index is 2.69. The van der Waals surface area contributed by atoms with E-state index in [0.29, 0.717) is 11.4 Å². The highest BCUT2D eigenvalue weighted by Crippen LogP contribution is 2.23. The van der Waals surface area contributed by atoms with Gasteiger partial charge < -0.3 is 5.11 Å². The lowest BCUT2D eigenvalue weighted by molar-refractivity contribution is -0.139. The highest BCUT2D eigenvalue weighted by atomic mass is 35.5. The van der Waals surface area contributed by atoms with Crippen molar-refractivity contribution in [3.8, 4) is 0 Å². The Labute approximate surface area is 113 Å². The Morgan fingerprint density at radius 1 is 1.44 bits per heavy atom. The van der Waals surface area contributed by atoms with Crippen LogP contribution in [0.2, 0.25) is 5.02 Å². The maximum absolute atomic E-state index is 11.2. The number of unbranched alkanes of at least 4 members (excludes halogenated alkanes) is 1. The Kier molecular flexibility index (Phi) is 6.16. The number of halogens is 1. The molecule has 0 spiro atoms. The van der Waals surface area contributed by atoms with Crippen LogP contribution in [0.5, 0.6) is 0 Å². The van der Waals surface area contributed by atoms with Gasteiger partial charge in [0.2, 0.25) is 0 Å². The van der Waals surface area contributed by atoms with Crippen LogP contribution in [0.3, 0.4) is 0 Å². The summed E-state index contributed by atoms with van der Waals surface area (Å²) in [5.74, 6) is -0.803. The van der Waals surface area contributed by atoms with Crippen molar-refractivity contribution in [3.05, 3.63) is 34.9 Å². The standard InChI is InChI=1S/C14H20ClNO2/c1-3-4-9-13(14(17)18)16-10(2)11-7-5-6-8-12(11)15/h5-8,10,13,16H,3-4,9H2,1-2H3,(H,17,18)/t10-,13?/m1/s1. The van der Waals surface area contributed by atoms with E-state index < -0.39 is 12.0 Å². The van der Waals surface area contributed by atoms with Crippen LogP contribution in [0.1, 0.15) is 44.7 Å². The van der Waals surface area contributed by atoms with Gasteiger partial charge in [-0.15, -0.1) is 0 Å². The molecule has 3 nitrogen and oxygen atoms in total. The highest BCUT2D eigenvalue weighted by Gasteiger charge is 2.20. The van der Waals surface area contributed by atoms with E-state index in [0.717, 1.165) is 18.4 Å². The predicted molar refractivity (Wildman–Crippen MR) is 74.0 cm³/mol. The normalized spacial score (nSPS) is 14.2. The molecule has 18 heavy (non-hydrogen) atoms. The molecule has 0 bridgehead atoms. The summed E-state index contributed by atoms with van der Waals surface area (Å²) in [7, 11) is 0. The van der Waals surface area contributed by atoms with Crippen molar-refractivity contribution < 1.29 is 9.90 Å². The van der Waals surface area contributed by atoms with Crippen molar-refractivity contribution in [2.24, 2.45) is 0 Å². The maximum Gasteiger partial charge on any atom is 0.320 e. The van der Waals surface area contributed by atoms with Crippen molar-refractivity contribution in [1.29, 1.82) is 0 Å². The van der Waals surface area contributed by atoms with Crippen LogP contribution < -0.4 is 5.32 Å². The zero-order valence-corrected chi connectivity index (χ0v) is 11.6. The van der Waals surface area contributed by atoms with Crippen LogP contribution in [0, 0.1) is 0 Å². The topological polar surface area (TPSA) is 49.3 Å². The molecule has 1 unspecified atom stereocenters. The van der Waals surface area contributed by atoms with Crippen molar-refractivity contribution >= 4 is 17.6 Å². The van der Waals surface area contributed by atoms with Crippen LogP contribution >= 0.6 is 11.6 Å². The molecule has 0 aliphatic carbocycles. The first-order valence-electron chi connectivity index (χ1n) is 6.29. The zero-order chi connectivity index (χ0) is 13.5. The number of carboxylic acid groups (broad SMARTS) is 1. The highest BCUT2D eigenvalue weighted by molar-refractivity contribution is 6.31. The monoisotopic (exact) mass is 269 g/mol. The second kappa shape index (κ2) is 7.39. The van der Waals surface area contributed by atoms with E-state index >= 15 is 0 Å². The van der Waals surface area contributed by atoms with Crippen LogP contribution in [0.25, 0.3) is 0 Å². The molecule has 100 valence electrons. The number of carbonyl (C=O) groups is 1. The molecular weight excluding hydrogens is 250 g/mol. The van der Waals surface area contributed by atoms with Crippen molar-refractivity contribution in [3.63, 3.8) is 0 Å². The van der Waals surface area contributed by atoms with Gasteiger partial charge in [0, 0.05) is 11.1 Å². The van der Waals surface area contributed by atoms with Gasteiger partial charge in [0.25, 0.3) is 0 Å². The van der Waals surface area contributed by atoms with E-state index in [1.54, 1.807) is 0 Å². The second-order valence-corrected chi connectivity index (χ2v) is 4.85. The third kappa shape index (κ3) is 4.31. The van der Waals surface area contributed by atoms with Crippen LogP contribution in [-0.2, 0) is 4.79 Å². The zero-order valence-electron chi connectivity index (χ0n) is 10.8. The Hall–Kier alpha value is -1.06. The summed E-state index contributed by atoms with van der Waals surface area (Å²) in [5.41, 5.74) is 0.932. The first kappa shape index (κ1) is 15.0. The van der Waals surface area contributed by atoms with Crippen LogP contribution in [0.4, 0.5) is 0 Å². The van der Waals surface area contributed by atoms with Crippen LogP contribution in [-0.4, -0.2) is 17.1 Å². The molecular formula is C14H20ClNO2. The maximum atomic E-state index is 11.2. The van der Waals surface area contributed by atoms with E-state index in [9.17, 15) is 4.79 Å². The lowest BCUT2D eigenvalue weighted by Crippen LogP contribution is -2.38. The number of nitrogens with one attached hydrogen (secondary N) is 1. The molecule has 0 radical (unpaired) electrons. The van der Waals surface area contributed by atoms with E-state index in [1.807, 2.05) is 31.2 Å². The van der Waals surface area contributed by atoms with E-state index in [1.165, 1.54) is 0 Å². The number of aliphatic carboxylic acids is 1. The SMILES string of the molecule is CCCCC(N[C@H](C)c1ccccc1Cl)C(=O)O. The van der Waals surface area contributed by atoms with Gasteiger partial charge in [0.1, 0.15) is 6.04 Å². The molecule has 0 aliphatic rings. The fourth-order valence-electron chi connectivity index (χ4n) is 1.90. The number of hydrogen-bond acceptors (Lipinski definition) is 2. The van der Waals surface area contributed by atoms with Crippen molar-refractivity contribution in [2.75, 3.05) is 0 Å². The first-order valence-corrected chi connectivity index (χ1v) is 6.67. The summed E-state index contributed by atoms with van der Waals surface area (Å²) < 4.78 is 0. The Morgan fingerprint density at radius 3 is 2.67 bits per heavy atom. The van der Waals surface area contributed by atoms with Gasteiger partial charge >= 0.3 is 5.97 Å².